The molecule has 1 N–H and O–H groups in total. The van der Waals surface area contributed by atoms with Crippen LogP contribution in [0.2, 0.25) is 0 Å². The number of likely N-dealkylation sites (N-methyl/N-ethyl adjacent to an activating group) is 1. The number of nitrogens with one attached hydrogen (secondary N) is 1. The Hall–Kier alpha value is -2.45. The van der Waals surface area contributed by atoms with Gasteiger partial charge in [0.1, 0.15) is 11.8 Å². The van der Waals surface area contributed by atoms with Crippen LogP contribution in [0.5, 0.6) is 5.75 Å². The second kappa shape index (κ2) is 7.05. The van der Waals surface area contributed by atoms with E-state index in [0.717, 1.165) is 12.1 Å². The van der Waals surface area contributed by atoms with Gasteiger partial charge in [-0.3, -0.25) is 4.79 Å². The van der Waals surface area contributed by atoms with Crippen molar-refractivity contribution in [1.82, 2.24) is 10.2 Å². The summed E-state index contributed by atoms with van der Waals surface area (Å²) in [5, 5.41) is 2.78. The summed E-state index contributed by atoms with van der Waals surface area (Å²) in [5.74, 6) is -0.745. The third-order valence-electron chi connectivity index (χ3n) is 3.81. The van der Waals surface area contributed by atoms with E-state index in [1.165, 1.54) is 29.0 Å². The number of rotatable bonds is 3. The Labute approximate surface area is 149 Å². The predicted octanol–water partition coefficient (Wildman–Crippen LogP) is 3.13. The van der Waals surface area contributed by atoms with Crippen LogP contribution in [0.1, 0.15) is 27.2 Å². The summed E-state index contributed by atoms with van der Waals surface area (Å²) in [6.45, 7) is 5.78. The smallest absolute Gasteiger partial charge is 0.406 e. The third kappa shape index (κ3) is 5.03. The first-order valence-corrected chi connectivity index (χ1v) is 8.09. The van der Waals surface area contributed by atoms with E-state index in [9.17, 15) is 22.8 Å². The molecule has 1 aliphatic heterocycles. The molecule has 26 heavy (non-hydrogen) atoms. The average Bonchev–Trinajstić information content (AvgIpc) is 2.85. The number of halogens is 3. The molecule has 0 radical (unpaired) electrons. The first-order chi connectivity index (χ1) is 11.9. The maximum atomic E-state index is 12.7. The lowest BCUT2D eigenvalue weighted by molar-refractivity contribution is -0.274. The number of anilines is 1. The predicted molar refractivity (Wildman–Crippen MR) is 89.9 cm³/mol. The van der Waals surface area contributed by atoms with Crippen molar-refractivity contribution in [2.45, 2.75) is 45.1 Å². The second-order valence-corrected chi connectivity index (χ2v) is 7.13. The fourth-order valence-electron chi connectivity index (χ4n) is 2.68. The van der Waals surface area contributed by atoms with E-state index in [2.05, 4.69) is 10.1 Å². The molecule has 1 unspecified atom stereocenters. The second-order valence-electron chi connectivity index (χ2n) is 7.13. The molecule has 144 valence electrons. The molecular formula is C17H22F3N3O3. The van der Waals surface area contributed by atoms with Gasteiger partial charge in [0.15, 0.2) is 0 Å². The molecule has 1 aromatic rings. The van der Waals surface area contributed by atoms with E-state index in [1.807, 2.05) is 20.8 Å². The first-order valence-electron chi connectivity index (χ1n) is 8.09. The van der Waals surface area contributed by atoms with Crippen LogP contribution in [0.25, 0.3) is 0 Å². The summed E-state index contributed by atoms with van der Waals surface area (Å²) in [6.07, 6.45) is -4.42. The first kappa shape index (κ1) is 19.9. The Morgan fingerprint density at radius 3 is 2.54 bits per heavy atom. The minimum absolute atomic E-state index is 0.295. The maximum absolute atomic E-state index is 12.7. The lowest BCUT2D eigenvalue weighted by Gasteiger charge is -2.29. The average molecular weight is 373 g/mol. The molecule has 0 saturated carbocycles. The number of carbonyl (C=O) groups excluding carboxylic acids is 2. The molecule has 1 saturated heterocycles. The highest BCUT2D eigenvalue weighted by Gasteiger charge is 2.38. The minimum Gasteiger partial charge on any atom is -0.406 e. The zero-order valence-corrected chi connectivity index (χ0v) is 15.1. The zero-order valence-electron chi connectivity index (χ0n) is 15.1. The number of hydrogen-bond acceptors (Lipinski definition) is 3. The van der Waals surface area contributed by atoms with Crippen LogP contribution in [0.4, 0.5) is 23.7 Å². The van der Waals surface area contributed by atoms with Crippen molar-refractivity contribution in [3.05, 3.63) is 24.3 Å². The molecule has 1 atom stereocenters. The lowest BCUT2D eigenvalue weighted by atomic mass is 10.1. The van der Waals surface area contributed by atoms with Gasteiger partial charge < -0.3 is 19.9 Å². The monoisotopic (exact) mass is 373 g/mol. The number of nitrogens with zero attached hydrogens (tertiary/aromatic N) is 2. The summed E-state index contributed by atoms with van der Waals surface area (Å²) in [5.41, 5.74) is -0.153. The van der Waals surface area contributed by atoms with Crippen LogP contribution in [0, 0.1) is 0 Å². The molecule has 1 fully saturated rings. The molecule has 1 aromatic carbocycles. The molecule has 9 heteroatoms. The molecular weight excluding hydrogens is 351 g/mol. The van der Waals surface area contributed by atoms with Crippen molar-refractivity contribution in [2.24, 2.45) is 0 Å². The number of carbonyl (C=O) groups is 2. The lowest BCUT2D eigenvalue weighted by Crippen LogP contribution is -2.52. The molecule has 0 spiro atoms. The highest BCUT2D eigenvalue weighted by atomic mass is 19.4. The van der Waals surface area contributed by atoms with Crippen LogP contribution >= 0.6 is 0 Å². The maximum Gasteiger partial charge on any atom is 0.573 e. The number of amides is 3. The Morgan fingerprint density at radius 1 is 1.31 bits per heavy atom. The molecule has 1 heterocycles. The normalized spacial score (nSPS) is 18.0. The van der Waals surface area contributed by atoms with E-state index < -0.39 is 23.7 Å². The Morgan fingerprint density at radius 2 is 1.96 bits per heavy atom. The molecule has 0 aliphatic carbocycles. The van der Waals surface area contributed by atoms with Crippen molar-refractivity contribution in [3.8, 4) is 5.75 Å². The van der Waals surface area contributed by atoms with E-state index in [-0.39, 0.29) is 11.9 Å². The number of hydrogen-bond donors (Lipinski definition) is 1. The van der Waals surface area contributed by atoms with Crippen LogP contribution < -0.4 is 15.0 Å². The number of urea groups is 1. The van der Waals surface area contributed by atoms with Crippen molar-refractivity contribution in [1.29, 1.82) is 0 Å². The summed E-state index contributed by atoms with van der Waals surface area (Å²) < 4.78 is 41.0. The summed E-state index contributed by atoms with van der Waals surface area (Å²) >= 11 is 0. The highest BCUT2D eigenvalue weighted by Crippen LogP contribution is 2.30. The van der Waals surface area contributed by atoms with Crippen molar-refractivity contribution >= 4 is 17.6 Å². The number of ether oxygens (including phenoxy) is 1. The molecule has 3 amide bonds. The van der Waals surface area contributed by atoms with E-state index in [0.29, 0.717) is 18.7 Å². The van der Waals surface area contributed by atoms with Gasteiger partial charge in [0, 0.05) is 30.9 Å². The van der Waals surface area contributed by atoms with E-state index in [4.69, 9.17) is 0 Å². The molecule has 2 rings (SSSR count). The van der Waals surface area contributed by atoms with Gasteiger partial charge >= 0.3 is 12.4 Å². The van der Waals surface area contributed by atoms with Crippen LogP contribution in [0.15, 0.2) is 24.3 Å². The Bertz CT molecular complexity index is 686. The standard InChI is InChI=1S/C17H22F3N3O3/c1-16(2,3)21-15(25)22(4)13-8-9-23(14(13)24)11-6-5-7-12(10-11)26-17(18,19)20/h5-7,10,13H,8-9H2,1-4H3,(H,21,25). The summed E-state index contributed by atoms with van der Waals surface area (Å²) in [4.78, 5) is 27.6. The van der Waals surface area contributed by atoms with Crippen molar-refractivity contribution < 1.29 is 27.5 Å². The minimum atomic E-state index is -4.80. The molecule has 1 aliphatic rings. The quantitative estimate of drug-likeness (QED) is 0.886. The largest absolute Gasteiger partial charge is 0.573 e. The zero-order chi connectivity index (χ0) is 19.7. The van der Waals surface area contributed by atoms with Gasteiger partial charge in [0.2, 0.25) is 5.91 Å². The molecule has 6 nitrogen and oxygen atoms in total. The fraction of sp³-hybridized carbons (Fsp3) is 0.529. The van der Waals surface area contributed by atoms with Gasteiger partial charge in [-0.25, -0.2) is 4.79 Å². The molecule has 0 aromatic heterocycles. The summed E-state index contributed by atoms with van der Waals surface area (Å²) in [6, 6.07) is 4.17. The van der Waals surface area contributed by atoms with Crippen molar-refractivity contribution in [3.63, 3.8) is 0 Å². The Kier molecular flexibility index (Phi) is 5.39. The highest BCUT2D eigenvalue weighted by molar-refractivity contribution is 6.01. The number of benzene rings is 1. The van der Waals surface area contributed by atoms with Gasteiger partial charge in [-0.15, -0.1) is 13.2 Å². The van der Waals surface area contributed by atoms with E-state index in [1.54, 1.807) is 0 Å². The SMILES string of the molecule is CN(C(=O)NC(C)(C)C)C1CCN(c2cccc(OC(F)(F)F)c2)C1=O. The molecule has 0 bridgehead atoms. The number of alkyl halides is 3. The fourth-order valence-corrected chi connectivity index (χ4v) is 2.68. The van der Waals surface area contributed by atoms with Crippen molar-refractivity contribution in [2.75, 3.05) is 18.5 Å². The van der Waals surface area contributed by atoms with Gasteiger partial charge in [-0.05, 0) is 39.3 Å². The summed E-state index contributed by atoms with van der Waals surface area (Å²) in [7, 11) is 1.52. The van der Waals surface area contributed by atoms with Crippen LogP contribution in [0.3, 0.4) is 0 Å². The Balaban J connectivity index is 2.11. The van der Waals surface area contributed by atoms with Gasteiger partial charge in [0.25, 0.3) is 0 Å². The van der Waals surface area contributed by atoms with Crippen LogP contribution in [-0.4, -0.2) is 48.4 Å². The van der Waals surface area contributed by atoms with E-state index >= 15 is 0 Å². The van der Waals surface area contributed by atoms with Crippen LogP contribution in [-0.2, 0) is 4.79 Å². The third-order valence-corrected chi connectivity index (χ3v) is 3.81. The topological polar surface area (TPSA) is 61.9 Å². The van der Waals surface area contributed by atoms with Gasteiger partial charge in [-0.1, -0.05) is 6.07 Å². The van der Waals surface area contributed by atoms with Gasteiger partial charge in [-0.2, -0.15) is 0 Å². The van der Waals surface area contributed by atoms with Gasteiger partial charge in [0.05, 0.1) is 0 Å².